The Balaban J connectivity index is 1.79. The third-order valence-electron chi connectivity index (χ3n) is 5.49. The van der Waals surface area contributed by atoms with Crippen molar-refractivity contribution in [3.63, 3.8) is 0 Å². The molecule has 2 aliphatic rings. The van der Waals surface area contributed by atoms with Gasteiger partial charge in [-0.25, -0.2) is 4.39 Å². The highest BCUT2D eigenvalue weighted by Gasteiger charge is 2.33. The van der Waals surface area contributed by atoms with Crippen LogP contribution >= 0.6 is 0 Å². The molecule has 1 saturated heterocycles. The lowest BCUT2D eigenvalue weighted by molar-refractivity contribution is -0.143. The minimum Gasteiger partial charge on any atom is -0.496 e. The monoisotopic (exact) mass is 350 g/mol. The quantitative estimate of drug-likeness (QED) is 0.885. The minimum atomic E-state index is -0.960. The second kappa shape index (κ2) is 8.15. The molecule has 0 unspecified atom stereocenters. The summed E-state index contributed by atoms with van der Waals surface area (Å²) < 4.78 is 19.0. The fourth-order valence-electron chi connectivity index (χ4n) is 4.25. The third kappa shape index (κ3) is 4.12. The smallest absolute Gasteiger partial charge is 0.325 e. The van der Waals surface area contributed by atoms with Crippen molar-refractivity contribution in [2.45, 2.75) is 44.2 Å². The van der Waals surface area contributed by atoms with E-state index in [1.54, 1.807) is 0 Å². The van der Waals surface area contributed by atoms with Gasteiger partial charge in [0.25, 0.3) is 0 Å². The summed E-state index contributed by atoms with van der Waals surface area (Å²) in [6, 6.07) is 3.85. The van der Waals surface area contributed by atoms with E-state index >= 15 is 0 Å². The molecule has 1 aliphatic carbocycles. The second-order valence-corrected chi connectivity index (χ2v) is 6.99. The molecule has 3 rings (SSSR count). The maximum atomic E-state index is 13.7. The van der Waals surface area contributed by atoms with Crippen molar-refractivity contribution < 1.29 is 19.0 Å². The van der Waals surface area contributed by atoms with Gasteiger partial charge in [0.1, 0.15) is 17.6 Å². The zero-order chi connectivity index (χ0) is 17.8. The van der Waals surface area contributed by atoms with Gasteiger partial charge in [-0.2, -0.15) is 0 Å². The van der Waals surface area contributed by atoms with Gasteiger partial charge >= 0.3 is 5.97 Å². The number of hydrogen-bond donors (Lipinski definition) is 1. The molecule has 1 aromatic rings. The van der Waals surface area contributed by atoms with Crippen LogP contribution in [0.15, 0.2) is 18.2 Å². The van der Waals surface area contributed by atoms with E-state index in [0.29, 0.717) is 30.4 Å². The van der Waals surface area contributed by atoms with E-state index in [4.69, 9.17) is 4.74 Å². The van der Waals surface area contributed by atoms with Crippen LogP contribution < -0.4 is 4.74 Å². The van der Waals surface area contributed by atoms with Gasteiger partial charge in [-0.3, -0.25) is 14.6 Å². The third-order valence-corrected chi connectivity index (χ3v) is 5.49. The van der Waals surface area contributed by atoms with Crippen LogP contribution in [0.4, 0.5) is 4.39 Å². The van der Waals surface area contributed by atoms with E-state index in [-0.39, 0.29) is 0 Å². The van der Waals surface area contributed by atoms with Gasteiger partial charge in [-0.15, -0.1) is 0 Å². The Morgan fingerprint density at radius 2 is 1.96 bits per heavy atom. The molecule has 1 aromatic carbocycles. The van der Waals surface area contributed by atoms with E-state index < -0.39 is 17.8 Å². The van der Waals surface area contributed by atoms with Crippen molar-refractivity contribution >= 4 is 5.97 Å². The van der Waals surface area contributed by atoms with Crippen LogP contribution in [0.25, 0.3) is 0 Å². The predicted molar refractivity (Wildman–Crippen MR) is 93.3 cm³/mol. The summed E-state index contributed by atoms with van der Waals surface area (Å²) in [4.78, 5) is 16.5. The lowest BCUT2D eigenvalue weighted by Crippen LogP contribution is -2.39. The fraction of sp³-hybridized carbons (Fsp3) is 0.632. The molecular weight excluding hydrogens is 323 g/mol. The van der Waals surface area contributed by atoms with Crippen LogP contribution in [0.5, 0.6) is 5.75 Å². The number of rotatable bonds is 5. The van der Waals surface area contributed by atoms with E-state index in [0.717, 1.165) is 19.5 Å². The average molecular weight is 350 g/mol. The molecule has 1 saturated carbocycles. The Hall–Kier alpha value is -1.66. The lowest BCUT2D eigenvalue weighted by Gasteiger charge is -2.30. The van der Waals surface area contributed by atoms with Crippen molar-refractivity contribution in [1.29, 1.82) is 0 Å². The molecule has 2 fully saturated rings. The van der Waals surface area contributed by atoms with Crippen molar-refractivity contribution in [3.8, 4) is 5.75 Å². The zero-order valence-corrected chi connectivity index (χ0v) is 14.8. The van der Waals surface area contributed by atoms with Crippen LogP contribution in [0.3, 0.4) is 0 Å². The molecule has 1 N–H and O–H groups in total. The number of methoxy groups -OCH3 is 1. The highest BCUT2D eigenvalue weighted by atomic mass is 19.1. The van der Waals surface area contributed by atoms with Gasteiger partial charge < -0.3 is 9.84 Å². The van der Waals surface area contributed by atoms with Crippen LogP contribution in [-0.2, 0) is 4.79 Å². The highest BCUT2D eigenvalue weighted by molar-refractivity contribution is 5.76. The van der Waals surface area contributed by atoms with Gasteiger partial charge in [0, 0.05) is 31.2 Å². The van der Waals surface area contributed by atoms with Crippen molar-refractivity contribution in [2.24, 2.45) is 0 Å². The van der Waals surface area contributed by atoms with E-state index in [1.807, 2.05) is 4.90 Å². The Bertz CT molecular complexity index is 604. The first-order valence-electron chi connectivity index (χ1n) is 9.14. The van der Waals surface area contributed by atoms with Crippen LogP contribution in [0.2, 0.25) is 0 Å². The first-order valence-corrected chi connectivity index (χ1v) is 9.14. The number of benzene rings is 1. The Labute approximate surface area is 148 Å². The normalized spacial score (nSPS) is 21.8. The molecule has 138 valence electrons. The lowest BCUT2D eigenvalue weighted by atomic mass is 10.0. The number of ether oxygens (including phenoxy) is 1. The van der Waals surface area contributed by atoms with Crippen LogP contribution in [-0.4, -0.2) is 60.2 Å². The zero-order valence-electron chi connectivity index (χ0n) is 14.8. The van der Waals surface area contributed by atoms with Crippen molar-refractivity contribution in [2.75, 3.05) is 33.3 Å². The number of nitrogens with zero attached hydrogens (tertiary/aromatic N) is 2. The SMILES string of the molecule is COc1ccc(F)cc1[C@H](C(=O)O)N1CCCN(C2CCCC2)CC1. The number of carbonyl (C=O) groups is 1. The molecule has 0 radical (unpaired) electrons. The topological polar surface area (TPSA) is 53.0 Å². The van der Waals surface area contributed by atoms with Gasteiger partial charge in [0.05, 0.1) is 7.11 Å². The molecule has 1 atom stereocenters. The van der Waals surface area contributed by atoms with Crippen LogP contribution in [0.1, 0.15) is 43.7 Å². The van der Waals surface area contributed by atoms with Gasteiger partial charge in [0.15, 0.2) is 0 Å². The molecule has 0 spiro atoms. The predicted octanol–water partition coefficient (Wildman–Crippen LogP) is 2.91. The summed E-state index contributed by atoms with van der Waals surface area (Å²) in [5, 5.41) is 9.83. The standard InChI is InChI=1S/C19H27FN2O3/c1-25-17-8-7-14(20)13-16(17)18(19(23)24)22-10-4-9-21(11-12-22)15-5-2-3-6-15/h7-8,13,15,18H,2-6,9-12H2,1H3,(H,23,24)/t18-/m1/s1. The average Bonchev–Trinajstić information content (AvgIpc) is 3.02. The van der Waals surface area contributed by atoms with E-state index in [9.17, 15) is 14.3 Å². The van der Waals surface area contributed by atoms with E-state index in [1.165, 1.54) is 51.0 Å². The molecular formula is C19H27FN2O3. The summed E-state index contributed by atoms with van der Waals surface area (Å²) in [5.41, 5.74) is 0.393. The minimum absolute atomic E-state index is 0.393. The summed E-state index contributed by atoms with van der Waals surface area (Å²) in [6.45, 7) is 3.24. The second-order valence-electron chi connectivity index (χ2n) is 6.99. The maximum absolute atomic E-state index is 13.7. The summed E-state index contributed by atoms with van der Waals surface area (Å²) in [6.07, 6.45) is 6.02. The molecule has 1 heterocycles. The fourth-order valence-corrected chi connectivity index (χ4v) is 4.25. The molecule has 25 heavy (non-hydrogen) atoms. The summed E-state index contributed by atoms with van der Waals surface area (Å²) in [5.74, 6) is -0.978. The molecule has 1 aliphatic heterocycles. The van der Waals surface area contributed by atoms with Gasteiger partial charge in [-0.1, -0.05) is 12.8 Å². The molecule has 5 nitrogen and oxygen atoms in total. The number of hydrogen-bond acceptors (Lipinski definition) is 4. The molecule has 0 amide bonds. The highest BCUT2D eigenvalue weighted by Crippen LogP contribution is 2.32. The van der Waals surface area contributed by atoms with Crippen molar-refractivity contribution in [3.05, 3.63) is 29.6 Å². The Morgan fingerprint density at radius 3 is 2.64 bits per heavy atom. The van der Waals surface area contributed by atoms with Gasteiger partial charge in [-0.05, 0) is 44.0 Å². The molecule has 0 bridgehead atoms. The van der Waals surface area contributed by atoms with Gasteiger partial charge in [0.2, 0.25) is 0 Å². The summed E-state index contributed by atoms with van der Waals surface area (Å²) in [7, 11) is 1.49. The van der Waals surface area contributed by atoms with Crippen molar-refractivity contribution in [1.82, 2.24) is 9.80 Å². The largest absolute Gasteiger partial charge is 0.496 e. The number of carboxylic acids is 1. The first-order chi connectivity index (χ1) is 12.1. The van der Waals surface area contributed by atoms with Crippen LogP contribution in [0, 0.1) is 5.82 Å². The molecule has 6 heteroatoms. The molecule has 0 aromatic heterocycles. The summed E-state index contributed by atoms with van der Waals surface area (Å²) >= 11 is 0. The Kier molecular flexibility index (Phi) is 5.91. The van der Waals surface area contributed by atoms with E-state index in [2.05, 4.69) is 4.90 Å². The Morgan fingerprint density at radius 1 is 1.20 bits per heavy atom. The maximum Gasteiger partial charge on any atom is 0.325 e. The number of aliphatic carboxylic acids is 1. The number of carboxylic acid groups (broad SMARTS) is 1. The number of halogens is 1. The first kappa shape index (κ1) is 18.1.